The number of carbonyl (C=O) groups excluding carboxylic acids is 5. The Morgan fingerprint density at radius 3 is 1.90 bits per heavy atom. The van der Waals surface area contributed by atoms with Crippen molar-refractivity contribution in [3.8, 4) is 0 Å². The number of imide groups is 1. The first-order valence-corrected chi connectivity index (χ1v) is 6.17. The van der Waals surface area contributed by atoms with Crippen molar-refractivity contribution in [3.63, 3.8) is 0 Å². The van der Waals surface area contributed by atoms with E-state index in [0.717, 1.165) is 6.92 Å². The highest BCUT2D eigenvalue weighted by Crippen LogP contribution is 2.13. The van der Waals surface area contributed by atoms with Crippen molar-refractivity contribution in [2.24, 2.45) is 0 Å². The maximum Gasteiger partial charge on any atom is 0.373 e. The van der Waals surface area contributed by atoms with Gasteiger partial charge in [0.2, 0.25) is 0 Å². The second-order valence-electron chi connectivity index (χ2n) is 4.32. The normalized spacial score (nSPS) is 17.2. The molecule has 21 heavy (non-hydrogen) atoms. The second-order valence-corrected chi connectivity index (χ2v) is 4.32. The Kier molecular flexibility index (Phi) is 5.39. The lowest BCUT2D eigenvalue weighted by Crippen LogP contribution is -2.38. The van der Waals surface area contributed by atoms with Gasteiger partial charge in [-0.1, -0.05) is 0 Å². The number of nitrogens with zero attached hydrogens (tertiary/aromatic N) is 1. The highest BCUT2D eigenvalue weighted by Gasteiger charge is 2.35. The highest BCUT2D eigenvalue weighted by molar-refractivity contribution is 6.01. The summed E-state index contributed by atoms with van der Waals surface area (Å²) in [5.74, 6) is -3.99. The molecule has 0 aromatic heterocycles. The molecule has 0 radical (unpaired) electrons. The van der Waals surface area contributed by atoms with Gasteiger partial charge in [0.25, 0.3) is 11.8 Å². The number of rotatable bonds is 5. The zero-order chi connectivity index (χ0) is 16.2. The molecule has 0 spiro atoms. The van der Waals surface area contributed by atoms with Crippen LogP contribution in [0.1, 0.15) is 33.6 Å². The molecule has 116 valence electrons. The van der Waals surface area contributed by atoms with Gasteiger partial charge < -0.3 is 14.3 Å². The molecule has 0 aromatic rings. The second kappa shape index (κ2) is 6.82. The van der Waals surface area contributed by atoms with Gasteiger partial charge in [-0.3, -0.25) is 14.4 Å². The van der Waals surface area contributed by atoms with Crippen LogP contribution in [0.5, 0.6) is 0 Å². The van der Waals surface area contributed by atoms with Crippen LogP contribution < -0.4 is 0 Å². The molecule has 2 amide bonds. The van der Waals surface area contributed by atoms with Gasteiger partial charge in [0.1, 0.15) is 0 Å². The number of carbonyl (C=O) groups is 5. The first-order valence-electron chi connectivity index (χ1n) is 6.17. The van der Waals surface area contributed by atoms with Gasteiger partial charge >= 0.3 is 17.9 Å². The average Bonchev–Trinajstić information content (AvgIpc) is 2.69. The predicted octanol–water partition coefficient (Wildman–Crippen LogP) is -0.523. The van der Waals surface area contributed by atoms with Crippen LogP contribution in [0.25, 0.3) is 0 Å². The van der Waals surface area contributed by atoms with Crippen molar-refractivity contribution in [3.05, 3.63) is 0 Å². The summed E-state index contributed by atoms with van der Waals surface area (Å²) in [5.41, 5.74) is 0. The van der Waals surface area contributed by atoms with Crippen LogP contribution >= 0.6 is 0 Å². The Labute approximate surface area is 120 Å². The summed E-state index contributed by atoms with van der Waals surface area (Å²) in [4.78, 5) is 60.9. The van der Waals surface area contributed by atoms with E-state index in [9.17, 15) is 24.0 Å². The third-order valence-electron chi connectivity index (χ3n) is 2.49. The number of amides is 2. The maximum absolute atomic E-state index is 11.6. The molecule has 1 saturated heterocycles. The molecule has 9 heteroatoms. The number of hydroxylamine groups is 2. The first-order chi connectivity index (χ1) is 9.72. The Hall–Kier alpha value is -2.45. The molecular formula is C12H15NO8. The zero-order valence-corrected chi connectivity index (χ0v) is 11.8. The van der Waals surface area contributed by atoms with E-state index < -0.39 is 41.9 Å². The summed E-state index contributed by atoms with van der Waals surface area (Å²) >= 11 is 0. The zero-order valence-electron chi connectivity index (χ0n) is 11.8. The van der Waals surface area contributed by atoms with Crippen LogP contribution in [0.3, 0.4) is 0 Å². The van der Waals surface area contributed by atoms with Crippen LogP contribution in [-0.4, -0.2) is 47.0 Å². The fraction of sp³-hybridized carbons (Fsp3) is 0.583. The van der Waals surface area contributed by atoms with Crippen LogP contribution in [0.15, 0.2) is 0 Å². The summed E-state index contributed by atoms with van der Waals surface area (Å²) in [7, 11) is 0. The van der Waals surface area contributed by atoms with E-state index in [1.807, 2.05) is 0 Å². The first kappa shape index (κ1) is 16.6. The van der Waals surface area contributed by atoms with Crippen LogP contribution in [-0.2, 0) is 38.3 Å². The molecule has 0 aromatic carbocycles. The predicted molar refractivity (Wildman–Crippen MR) is 64.0 cm³/mol. The lowest BCUT2D eigenvalue weighted by Gasteiger charge is -2.18. The molecule has 0 bridgehead atoms. The molecule has 1 rings (SSSR count). The summed E-state index contributed by atoms with van der Waals surface area (Å²) in [6.07, 6.45) is -2.63. The van der Waals surface area contributed by atoms with Crippen LogP contribution in [0, 0.1) is 0 Å². The van der Waals surface area contributed by atoms with Gasteiger partial charge in [-0.25, -0.2) is 9.59 Å². The van der Waals surface area contributed by atoms with E-state index in [4.69, 9.17) is 4.74 Å². The third kappa shape index (κ3) is 4.55. The van der Waals surface area contributed by atoms with E-state index in [2.05, 4.69) is 9.57 Å². The molecule has 0 aliphatic carbocycles. The minimum Gasteiger partial charge on any atom is -0.451 e. The highest BCUT2D eigenvalue weighted by atomic mass is 16.7. The molecule has 0 N–H and O–H groups in total. The molecule has 0 saturated carbocycles. The van der Waals surface area contributed by atoms with Gasteiger partial charge in [0.05, 0.1) is 0 Å². The topological polar surface area (TPSA) is 116 Å². The van der Waals surface area contributed by atoms with Crippen LogP contribution in [0.2, 0.25) is 0 Å². The third-order valence-corrected chi connectivity index (χ3v) is 2.49. The minimum absolute atomic E-state index is 0.0379. The smallest absolute Gasteiger partial charge is 0.373 e. The molecule has 2 atom stereocenters. The molecule has 1 unspecified atom stereocenters. The fourth-order valence-electron chi connectivity index (χ4n) is 1.44. The van der Waals surface area contributed by atoms with E-state index in [-0.39, 0.29) is 12.8 Å². The Morgan fingerprint density at radius 1 is 0.952 bits per heavy atom. The van der Waals surface area contributed by atoms with Crippen molar-refractivity contribution >= 4 is 29.7 Å². The van der Waals surface area contributed by atoms with Crippen molar-refractivity contribution < 1.29 is 38.3 Å². The standard InChI is InChI=1S/C12H15NO8/c1-6(19-8(3)14)11(17)20-7(2)12(18)21-13-9(15)4-5-10(13)16/h6-7H,4-5H2,1-3H3/t6-,7?/m0/s1. The summed E-state index contributed by atoms with van der Waals surface area (Å²) in [6, 6.07) is 0. The Morgan fingerprint density at radius 2 is 1.43 bits per heavy atom. The van der Waals surface area contributed by atoms with E-state index in [0.29, 0.717) is 5.06 Å². The van der Waals surface area contributed by atoms with E-state index in [1.165, 1.54) is 13.8 Å². The van der Waals surface area contributed by atoms with Crippen molar-refractivity contribution in [2.45, 2.75) is 45.8 Å². The fourth-order valence-corrected chi connectivity index (χ4v) is 1.44. The number of ether oxygens (including phenoxy) is 2. The van der Waals surface area contributed by atoms with Crippen molar-refractivity contribution in [1.29, 1.82) is 0 Å². The number of hydrogen-bond acceptors (Lipinski definition) is 8. The lowest BCUT2D eigenvalue weighted by atomic mass is 10.4. The van der Waals surface area contributed by atoms with Crippen molar-refractivity contribution in [2.75, 3.05) is 0 Å². The monoisotopic (exact) mass is 301 g/mol. The largest absolute Gasteiger partial charge is 0.451 e. The Bertz CT molecular complexity index is 470. The van der Waals surface area contributed by atoms with E-state index >= 15 is 0 Å². The maximum atomic E-state index is 11.6. The summed E-state index contributed by atoms with van der Waals surface area (Å²) < 4.78 is 9.29. The molecular weight excluding hydrogens is 286 g/mol. The average molecular weight is 301 g/mol. The SMILES string of the molecule is CC(=O)O[C@@H](C)C(=O)OC(C)C(=O)ON1C(=O)CCC1=O. The van der Waals surface area contributed by atoms with Crippen LogP contribution in [0.4, 0.5) is 0 Å². The minimum atomic E-state index is -1.36. The lowest BCUT2D eigenvalue weighted by molar-refractivity contribution is -0.206. The van der Waals surface area contributed by atoms with Gasteiger partial charge in [-0.05, 0) is 13.8 Å². The van der Waals surface area contributed by atoms with Crippen molar-refractivity contribution in [1.82, 2.24) is 5.06 Å². The number of hydrogen-bond donors (Lipinski definition) is 0. The van der Waals surface area contributed by atoms with Gasteiger partial charge in [0, 0.05) is 19.8 Å². The molecule has 1 fully saturated rings. The Balaban J connectivity index is 2.51. The summed E-state index contributed by atoms with van der Waals surface area (Å²) in [6.45, 7) is 3.59. The summed E-state index contributed by atoms with van der Waals surface area (Å²) in [5, 5.41) is 0.349. The van der Waals surface area contributed by atoms with Gasteiger partial charge in [-0.15, -0.1) is 5.06 Å². The van der Waals surface area contributed by atoms with E-state index in [1.54, 1.807) is 0 Å². The quantitative estimate of drug-likeness (QED) is 0.492. The molecule has 1 aliphatic rings. The molecule has 1 aliphatic heterocycles. The van der Waals surface area contributed by atoms with Gasteiger partial charge in [0.15, 0.2) is 12.2 Å². The van der Waals surface area contributed by atoms with Gasteiger partial charge in [-0.2, -0.15) is 0 Å². The molecule has 1 heterocycles. The number of esters is 2. The molecule has 9 nitrogen and oxygen atoms in total.